The molecule has 0 radical (unpaired) electrons. The van der Waals surface area contributed by atoms with Crippen LogP contribution in [0.5, 0.6) is 5.75 Å². The van der Waals surface area contributed by atoms with Crippen LogP contribution in [-0.4, -0.2) is 53.2 Å². The van der Waals surface area contributed by atoms with Crippen molar-refractivity contribution >= 4 is 18.0 Å². The first-order chi connectivity index (χ1) is 22.0. The Labute approximate surface area is 280 Å². The van der Waals surface area contributed by atoms with Crippen molar-refractivity contribution in [3.05, 3.63) is 47.6 Å². The molecule has 1 aromatic carbocycles. The molecule has 258 valence electrons. The largest absolute Gasteiger partial charge is 0.508 e. The highest BCUT2D eigenvalue weighted by atomic mass is 16.6. The molecule has 0 heterocycles. The van der Waals surface area contributed by atoms with E-state index in [1.54, 1.807) is 37.5 Å². The van der Waals surface area contributed by atoms with E-state index in [1.807, 2.05) is 6.92 Å². The van der Waals surface area contributed by atoms with Gasteiger partial charge in [0, 0.05) is 11.5 Å². The number of aliphatic hydroxyl groups excluding tert-OH is 2. The number of carbonyl (C=O) groups excluding carboxylic acids is 2. The Kier molecular flexibility index (Phi) is 8.35. The third-order valence-corrected chi connectivity index (χ3v) is 14.8. The van der Waals surface area contributed by atoms with Crippen LogP contribution in [-0.2, 0) is 19.1 Å². The number of esters is 2. The predicted molar refractivity (Wildman–Crippen MR) is 181 cm³/mol. The van der Waals surface area contributed by atoms with Crippen LogP contribution in [0.25, 0.3) is 6.08 Å². The second kappa shape index (κ2) is 11.5. The van der Waals surface area contributed by atoms with E-state index in [4.69, 9.17) is 9.47 Å². The van der Waals surface area contributed by atoms with Crippen molar-refractivity contribution in [1.29, 1.82) is 0 Å². The van der Waals surface area contributed by atoms with Crippen LogP contribution in [0.15, 0.2) is 42.0 Å². The number of aromatic hydroxyl groups is 1. The van der Waals surface area contributed by atoms with Gasteiger partial charge >= 0.3 is 11.9 Å². The zero-order chi connectivity index (χ0) is 34.2. The van der Waals surface area contributed by atoms with Crippen LogP contribution >= 0.6 is 0 Å². The quantitative estimate of drug-likeness (QED) is 0.175. The standard InChI is InChI=1S/C40H56O7/c1-35(2)18-20-40(34(45)46-7)21-19-38(5)27(28(40)22-35)13-14-31-36(3)23-29(43)33(37(4,24-41)30(36)16-17-39(31,38)6)47-32(44)15-10-25-8-11-26(42)12-9-25/h8-13,15,28-31,33,41-43H,14,16-24H2,1-7H3/t28-,29+,30+,31+,33-,36-,37-,38+,39+,40-/m0/s1. The minimum Gasteiger partial charge on any atom is -0.508 e. The normalized spacial score (nSPS) is 43.9. The maximum absolute atomic E-state index is 13.5. The summed E-state index contributed by atoms with van der Waals surface area (Å²) >= 11 is 0. The predicted octanol–water partition coefficient (Wildman–Crippen LogP) is 7.24. The molecule has 0 unspecified atom stereocenters. The van der Waals surface area contributed by atoms with Gasteiger partial charge in [-0.3, -0.25) is 4.79 Å². The molecule has 10 atom stereocenters. The van der Waals surface area contributed by atoms with Gasteiger partial charge in [-0.15, -0.1) is 0 Å². The number of hydrogen-bond donors (Lipinski definition) is 3. The number of carbonyl (C=O) groups is 2. The fourth-order valence-corrected chi connectivity index (χ4v) is 12.1. The SMILES string of the molecule is COC(=O)[C@]12CCC(C)(C)C[C@H]1C1=CC[C@@H]3[C@@]4(C)C[C@@H](O)[C@H](OC(=O)C=Cc5ccc(O)cc5)[C@@](C)(CO)[C@@H]4CC[C@@]3(C)[C@]1(C)CC2. The number of benzene rings is 1. The van der Waals surface area contributed by atoms with Gasteiger partial charge in [-0.2, -0.15) is 0 Å². The number of ether oxygens (including phenoxy) is 2. The Hall–Kier alpha value is -2.64. The third kappa shape index (κ3) is 5.04. The lowest BCUT2D eigenvalue weighted by Crippen LogP contribution is -2.68. The molecular formula is C40H56O7. The summed E-state index contributed by atoms with van der Waals surface area (Å²) in [7, 11) is 1.54. The molecular weight excluding hydrogens is 592 g/mol. The van der Waals surface area contributed by atoms with Crippen LogP contribution in [0.3, 0.4) is 0 Å². The molecule has 6 rings (SSSR count). The van der Waals surface area contributed by atoms with Gasteiger partial charge in [0.05, 0.1) is 25.2 Å². The smallest absolute Gasteiger partial charge is 0.331 e. The average Bonchev–Trinajstić information content (AvgIpc) is 3.02. The Balaban J connectivity index is 1.31. The van der Waals surface area contributed by atoms with E-state index < -0.39 is 29.0 Å². The van der Waals surface area contributed by atoms with Crippen molar-refractivity contribution in [2.24, 2.45) is 50.2 Å². The van der Waals surface area contributed by atoms with Gasteiger partial charge in [-0.25, -0.2) is 4.79 Å². The number of methoxy groups -OCH3 is 1. The Morgan fingerprint density at radius 3 is 2.28 bits per heavy atom. The number of rotatable bonds is 5. The fourth-order valence-electron chi connectivity index (χ4n) is 12.1. The van der Waals surface area contributed by atoms with E-state index in [2.05, 4.69) is 40.7 Å². The molecule has 3 N–H and O–H groups in total. The number of phenols is 1. The highest BCUT2D eigenvalue weighted by Gasteiger charge is 2.71. The molecule has 5 aliphatic carbocycles. The highest BCUT2D eigenvalue weighted by Crippen LogP contribution is 2.76. The lowest BCUT2D eigenvalue weighted by Gasteiger charge is -2.71. The summed E-state index contributed by atoms with van der Waals surface area (Å²) in [6, 6.07) is 6.52. The van der Waals surface area contributed by atoms with E-state index >= 15 is 0 Å². The topological polar surface area (TPSA) is 113 Å². The summed E-state index contributed by atoms with van der Waals surface area (Å²) in [4.78, 5) is 26.6. The molecule has 4 saturated carbocycles. The van der Waals surface area contributed by atoms with E-state index in [0.717, 1.165) is 56.9 Å². The second-order valence-electron chi connectivity index (χ2n) is 17.6. The second-order valence-corrected chi connectivity index (χ2v) is 17.6. The lowest BCUT2D eigenvalue weighted by molar-refractivity contribution is -0.249. The number of aliphatic hydroxyl groups is 2. The number of fused-ring (bicyclic) bond motifs is 7. The molecule has 0 aromatic heterocycles. The van der Waals surface area contributed by atoms with Crippen molar-refractivity contribution in [1.82, 2.24) is 0 Å². The van der Waals surface area contributed by atoms with Crippen molar-refractivity contribution in [2.75, 3.05) is 13.7 Å². The Morgan fingerprint density at radius 1 is 0.936 bits per heavy atom. The molecule has 0 aliphatic heterocycles. The minimum atomic E-state index is -0.919. The molecule has 47 heavy (non-hydrogen) atoms. The summed E-state index contributed by atoms with van der Waals surface area (Å²) < 4.78 is 11.5. The van der Waals surface area contributed by atoms with Crippen LogP contribution in [0, 0.1) is 50.2 Å². The van der Waals surface area contributed by atoms with Gasteiger partial charge in [0.15, 0.2) is 0 Å². The van der Waals surface area contributed by atoms with Crippen molar-refractivity contribution in [2.45, 2.75) is 112 Å². The zero-order valence-electron chi connectivity index (χ0n) is 29.5. The molecule has 5 aliphatic rings. The number of allylic oxidation sites excluding steroid dienone is 2. The zero-order valence-corrected chi connectivity index (χ0v) is 29.5. The summed E-state index contributed by atoms with van der Waals surface area (Å²) in [6.07, 6.45) is 11.6. The van der Waals surface area contributed by atoms with Crippen molar-refractivity contribution < 1.29 is 34.4 Å². The first kappa shape index (κ1) is 34.2. The molecule has 0 spiro atoms. The van der Waals surface area contributed by atoms with Gasteiger partial charge in [-0.1, -0.05) is 65.3 Å². The van der Waals surface area contributed by atoms with Gasteiger partial charge in [0.2, 0.25) is 0 Å². The van der Waals surface area contributed by atoms with E-state index in [9.17, 15) is 24.9 Å². The van der Waals surface area contributed by atoms with Crippen LogP contribution in [0.4, 0.5) is 0 Å². The first-order valence-electron chi connectivity index (χ1n) is 17.8. The van der Waals surface area contributed by atoms with E-state index in [-0.39, 0.29) is 57.7 Å². The van der Waals surface area contributed by atoms with Crippen molar-refractivity contribution in [3.63, 3.8) is 0 Å². The van der Waals surface area contributed by atoms with E-state index in [0.29, 0.717) is 6.42 Å². The lowest BCUT2D eigenvalue weighted by atomic mass is 9.33. The van der Waals surface area contributed by atoms with Crippen LogP contribution in [0.2, 0.25) is 0 Å². The summed E-state index contributed by atoms with van der Waals surface area (Å²) in [5.41, 5.74) is 0.643. The number of phenolic OH excluding ortho intramolecular Hbond substituents is 1. The van der Waals surface area contributed by atoms with Crippen LogP contribution < -0.4 is 0 Å². The molecule has 0 bridgehead atoms. The average molecular weight is 649 g/mol. The Morgan fingerprint density at radius 2 is 1.62 bits per heavy atom. The summed E-state index contributed by atoms with van der Waals surface area (Å²) in [5.74, 6) is 0.0159. The fraction of sp³-hybridized carbons (Fsp3) is 0.700. The minimum absolute atomic E-state index is 0.0449. The van der Waals surface area contributed by atoms with Gasteiger partial charge in [0.1, 0.15) is 11.9 Å². The van der Waals surface area contributed by atoms with Crippen LogP contribution in [0.1, 0.15) is 105 Å². The molecule has 7 nitrogen and oxygen atoms in total. The molecule has 0 saturated heterocycles. The molecule has 0 amide bonds. The van der Waals surface area contributed by atoms with Crippen molar-refractivity contribution in [3.8, 4) is 5.75 Å². The maximum atomic E-state index is 13.5. The maximum Gasteiger partial charge on any atom is 0.331 e. The first-order valence-corrected chi connectivity index (χ1v) is 17.8. The third-order valence-electron chi connectivity index (χ3n) is 14.8. The van der Waals surface area contributed by atoms with Gasteiger partial charge < -0.3 is 24.8 Å². The summed E-state index contributed by atoms with van der Waals surface area (Å²) in [5, 5.41) is 32.4. The van der Waals surface area contributed by atoms with Gasteiger partial charge in [0.25, 0.3) is 0 Å². The monoisotopic (exact) mass is 648 g/mol. The number of hydrogen-bond acceptors (Lipinski definition) is 7. The molecule has 1 aromatic rings. The summed E-state index contributed by atoms with van der Waals surface area (Å²) in [6.45, 7) is 13.7. The molecule has 7 heteroatoms. The van der Waals surface area contributed by atoms with E-state index in [1.165, 1.54) is 11.6 Å². The molecule has 4 fully saturated rings. The highest BCUT2D eigenvalue weighted by molar-refractivity contribution is 5.87. The van der Waals surface area contributed by atoms with Gasteiger partial charge in [-0.05, 0) is 121 Å². The Bertz CT molecular complexity index is 1460.